The minimum atomic E-state index is -0.469. The summed E-state index contributed by atoms with van der Waals surface area (Å²) >= 11 is 2.88. The van der Waals surface area contributed by atoms with Crippen molar-refractivity contribution in [3.05, 3.63) is 68.9 Å². The number of fused-ring (bicyclic) bond motifs is 2. The molecular weight excluding hydrogens is 458 g/mol. The highest BCUT2D eigenvalue weighted by molar-refractivity contribution is 7.21. The number of thiophene rings is 1. The van der Waals surface area contributed by atoms with Crippen LogP contribution in [-0.2, 0) is 0 Å². The Morgan fingerprint density at radius 2 is 1.94 bits per heavy atom. The van der Waals surface area contributed by atoms with E-state index in [1.165, 1.54) is 11.3 Å². The van der Waals surface area contributed by atoms with E-state index >= 15 is 0 Å². The molecule has 11 heteroatoms. The maximum Gasteiger partial charge on any atom is 0.333 e. The van der Waals surface area contributed by atoms with Crippen LogP contribution in [0.5, 0.6) is 0 Å². The predicted molar refractivity (Wildman–Crippen MR) is 132 cm³/mol. The number of hydrogen-bond acceptors (Lipinski definition) is 9. The molecule has 0 aromatic carbocycles. The molecular formula is C22H19N7O2S2. The van der Waals surface area contributed by atoms with E-state index in [9.17, 15) is 9.59 Å². The molecule has 1 aliphatic carbocycles. The first-order valence-corrected chi connectivity index (χ1v) is 12.3. The van der Waals surface area contributed by atoms with Gasteiger partial charge >= 0.3 is 5.69 Å². The maximum atomic E-state index is 12.7. The van der Waals surface area contributed by atoms with Gasteiger partial charge in [-0.2, -0.15) is 0 Å². The molecule has 0 spiro atoms. The molecule has 0 radical (unpaired) electrons. The van der Waals surface area contributed by atoms with E-state index in [2.05, 4.69) is 30.6 Å². The largest absolute Gasteiger partial charge is 0.367 e. The van der Waals surface area contributed by atoms with Crippen molar-refractivity contribution < 1.29 is 0 Å². The summed E-state index contributed by atoms with van der Waals surface area (Å²) in [6, 6.07) is 9.75. The van der Waals surface area contributed by atoms with Crippen LogP contribution in [0, 0.1) is 0 Å². The summed E-state index contributed by atoms with van der Waals surface area (Å²) in [5.41, 5.74) is 1.11. The van der Waals surface area contributed by atoms with Crippen LogP contribution < -0.4 is 21.9 Å². The molecule has 0 bridgehead atoms. The van der Waals surface area contributed by atoms with Gasteiger partial charge in [-0.15, -0.1) is 11.3 Å². The molecule has 33 heavy (non-hydrogen) atoms. The Morgan fingerprint density at radius 1 is 1.06 bits per heavy atom. The molecule has 6 rings (SSSR count). The van der Waals surface area contributed by atoms with Gasteiger partial charge in [-0.25, -0.2) is 24.3 Å². The zero-order valence-corrected chi connectivity index (χ0v) is 18.9. The van der Waals surface area contributed by atoms with Gasteiger partial charge in [0.1, 0.15) is 20.9 Å². The number of nitrogens with one attached hydrogen (secondary N) is 3. The monoisotopic (exact) mass is 477 g/mol. The molecule has 0 aliphatic heterocycles. The Bertz CT molecular complexity index is 1530. The van der Waals surface area contributed by atoms with Crippen molar-refractivity contribution in [3.8, 4) is 5.69 Å². The van der Waals surface area contributed by atoms with Crippen LogP contribution in [0.25, 0.3) is 26.3 Å². The quantitative estimate of drug-likeness (QED) is 0.354. The number of rotatable bonds is 5. The highest BCUT2D eigenvalue weighted by Crippen LogP contribution is 2.29. The second-order valence-corrected chi connectivity index (χ2v) is 9.87. The summed E-state index contributed by atoms with van der Waals surface area (Å²) in [6.45, 7) is 0. The van der Waals surface area contributed by atoms with Crippen molar-refractivity contribution in [1.82, 2.24) is 24.5 Å². The maximum absolute atomic E-state index is 12.7. The number of H-pyrrole nitrogens is 1. The molecule has 1 aliphatic rings. The van der Waals surface area contributed by atoms with Crippen LogP contribution in [-0.4, -0.2) is 36.6 Å². The fourth-order valence-electron chi connectivity index (χ4n) is 4.24. The first-order valence-electron chi connectivity index (χ1n) is 10.6. The predicted octanol–water partition coefficient (Wildman–Crippen LogP) is 3.59. The van der Waals surface area contributed by atoms with Crippen molar-refractivity contribution in [2.75, 3.05) is 10.6 Å². The number of aromatic nitrogens is 5. The molecule has 1 fully saturated rings. The van der Waals surface area contributed by atoms with Crippen LogP contribution >= 0.6 is 22.7 Å². The standard InChI is InChI=1S/C22H19N7O2S2/c30-20-18-15(7-9-32-18)28-22(31)29(20)14-5-6-17(24-11-14)25-12-3-4-13(10-12)26-21-27-16-2-1-8-23-19(16)33-21/h1-2,5-9,11-13H,3-4,10H2,(H,24,25)(H,26,27)(H,28,31)/t12-,13-/m0/s1. The fraction of sp³-hybridized carbons (Fsp3) is 0.227. The van der Waals surface area contributed by atoms with Gasteiger partial charge in [0.2, 0.25) is 0 Å². The summed E-state index contributed by atoms with van der Waals surface area (Å²) < 4.78 is 1.64. The van der Waals surface area contributed by atoms with Crippen molar-refractivity contribution in [1.29, 1.82) is 0 Å². The smallest absolute Gasteiger partial charge is 0.333 e. The van der Waals surface area contributed by atoms with E-state index in [4.69, 9.17) is 0 Å². The number of hydrogen-bond donors (Lipinski definition) is 3. The van der Waals surface area contributed by atoms with Gasteiger partial charge in [0.05, 0.1) is 17.4 Å². The van der Waals surface area contributed by atoms with Crippen molar-refractivity contribution >= 4 is 54.2 Å². The van der Waals surface area contributed by atoms with Crippen LogP contribution in [0.2, 0.25) is 0 Å². The highest BCUT2D eigenvalue weighted by Gasteiger charge is 2.25. The normalized spacial score (nSPS) is 18.2. The second-order valence-electron chi connectivity index (χ2n) is 7.98. The minimum Gasteiger partial charge on any atom is -0.367 e. The van der Waals surface area contributed by atoms with Crippen LogP contribution in [0.3, 0.4) is 0 Å². The Kier molecular flexibility index (Phi) is 4.92. The molecule has 0 saturated heterocycles. The molecule has 9 nitrogen and oxygen atoms in total. The van der Waals surface area contributed by atoms with Gasteiger partial charge in [-0.1, -0.05) is 11.3 Å². The van der Waals surface area contributed by atoms with Crippen LogP contribution in [0.4, 0.5) is 10.9 Å². The third-order valence-electron chi connectivity index (χ3n) is 5.79. The number of nitrogens with zero attached hydrogens (tertiary/aromatic N) is 4. The first-order chi connectivity index (χ1) is 16.1. The lowest BCUT2D eigenvalue weighted by atomic mass is 10.2. The number of aromatic amines is 1. The topological polar surface area (TPSA) is 118 Å². The van der Waals surface area contributed by atoms with E-state index in [1.54, 1.807) is 47.3 Å². The van der Waals surface area contributed by atoms with Gasteiger partial charge in [-0.3, -0.25) is 4.79 Å². The molecule has 5 heterocycles. The molecule has 5 aromatic heterocycles. The average molecular weight is 478 g/mol. The lowest BCUT2D eigenvalue weighted by Crippen LogP contribution is -2.33. The summed E-state index contributed by atoms with van der Waals surface area (Å²) in [5.74, 6) is 0.718. The summed E-state index contributed by atoms with van der Waals surface area (Å²) in [7, 11) is 0. The van der Waals surface area contributed by atoms with Gasteiger partial charge in [0.15, 0.2) is 5.13 Å². The van der Waals surface area contributed by atoms with E-state index < -0.39 is 5.69 Å². The molecule has 2 atom stereocenters. The van der Waals surface area contributed by atoms with Crippen molar-refractivity contribution in [2.45, 2.75) is 31.3 Å². The number of pyridine rings is 2. The Hall–Kier alpha value is -3.57. The van der Waals surface area contributed by atoms with Gasteiger partial charge in [0.25, 0.3) is 5.56 Å². The Morgan fingerprint density at radius 3 is 2.76 bits per heavy atom. The molecule has 3 N–H and O–H groups in total. The Balaban J connectivity index is 1.14. The molecule has 0 amide bonds. The highest BCUT2D eigenvalue weighted by atomic mass is 32.1. The van der Waals surface area contributed by atoms with Gasteiger partial charge < -0.3 is 15.6 Å². The van der Waals surface area contributed by atoms with E-state index in [1.807, 2.05) is 12.1 Å². The Labute approximate surface area is 195 Å². The second kappa shape index (κ2) is 8.09. The van der Waals surface area contributed by atoms with Crippen molar-refractivity contribution in [2.24, 2.45) is 0 Å². The summed E-state index contributed by atoms with van der Waals surface area (Å²) in [6.07, 6.45) is 6.33. The third-order valence-corrected chi connectivity index (χ3v) is 7.60. The molecule has 0 unspecified atom stereocenters. The summed E-state index contributed by atoms with van der Waals surface area (Å²) in [5, 5.41) is 9.68. The third kappa shape index (κ3) is 3.79. The zero-order chi connectivity index (χ0) is 22.4. The van der Waals surface area contributed by atoms with Crippen LogP contribution in [0.1, 0.15) is 19.3 Å². The number of anilines is 2. The SMILES string of the molecule is O=c1[nH]c2ccsc2c(=O)n1-c1ccc(N[C@H]2CC[C@H](Nc3nc4cccnc4s3)C2)nc1. The van der Waals surface area contributed by atoms with E-state index in [0.717, 1.165) is 45.1 Å². The van der Waals surface area contributed by atoms with Crippen LogP contribution in [0.15, 0.2) is 57.7 Å². The fourth-order valence-corrected chi connectivity index (χ4v) is 5.90. The molecule has 166 valence electrons. The first kappa shape index (κ1) is 20.1. The van der Waals surface area contributed by atoms with E-state index in [-0.39, 0.29) is 11.6 Å². The number of thiazole rings is 1. The van der Waals surface area contributed by atoms with E-state index in [0.29, 0.717) is 21.9 Å². The molecule has 1 saturated carbocycles. The molecule has 5 aromatic rings. The average Bonchev–Trinajstić information content (AvgIpc) is 3.54. The lowest BCUT2D eigenvalue weighted by molar-refractivity contribution is 0.722. The minimum absolute atomic E-state index is 0.280. The zero-order valence-electron chi connectivity index (χ0n) is 17.3. The van der Waals surface area contributed by atoms with Crippen molar-refractivity contribution in [3.63, 3.8) is 0 Å². The van der Waals surface area contributed by atoms with Gasteiger partial charge in [-0.05, 0) is 55.0 Å². The van der Waals surface area contributed by atoms with Gasteiger partial charge in [0, 0.05) is 18.3 Å². The lowest BCUT2D eigenvalue weighted by Gasteiger charge is -2.15. The summed E-state index contributed by atoms with van der Waals surface area (Å²) in [4.78, 5) is 42.2.